The molecule has 0 unspecified atom stereocenters. The molecule has 1 heterocycles. The van der Waals surface area contributed by atoms with Crippen LogP contribution in [-0.2, 0) is 0 Å². The van der Waals surface area contributed by atoms with Crippen LogP contribution in [0.3, 0.4) is 0 Å². The number of carbonyl (C=O) groups is 2. The number of carboxylic acids is 1. The molecule has 0 saturated heterocycles. The number of hydrogen-bond donors (Lipinski definition) is 2. The third-order valence-corrected chi connectivity index (χ3v) is 5.65. The van der Waals surface area contributed by atoms with Gasteiger partial charge in [0.1, 0.15) is 5.75 Å². The van der Waals surface area contributed by atoms with Gasteiger partial charge in [0.2, 0.25) is 5.91 Å². The second-order valence-corrected chi connectivity index (χ2v) is 7.34. The number of amides is 1. The molecule has 0 atom stereocenters. The zero-order chi connectivity index (χ0) is 21.7. The van der Waals surface area contributed by atoms with Crippen molar-refractivity contribution < 1.29 is 19.4 Å². The number of methoxy groups -OCH3 is 1. The minimum Gasteiger partial charge on any atom is -0.497 e. The van der Waals surface area contributed by atoms with E-state index in [-0.39, 0.29) is 5.56 Å². The van der Waals surface area contributed by atoms with Gasteiger partial charge in [-0.05, 0) is 76.8 Å². The number of hydrogen-bond acceptors (Lipinski definition) is 3. The van der Waals surface area contributed by atoms with Crippen molar-refractivity contribution in [2.75, 3.05) is 7.11 Å². The maximum atomic E-state index is 11.8. The molecule has 0 bridgehead atoms. The van der Waals surface area contributed by atoms with Crippen molar-refractivity contribution >= 4 is 44.3 Å². The number of nitrogens with two attached hydrogens (primary N) is 1. The fraction of sp³-hybridized carbons (Fsp3) is 0.0400. The standard InChI is InChI=1S/C25H18N2O4/c1-31-17-7-9-18-20-10-11-27(16-5-2-14(3-6-16)25(29)30)23(20)19-8-4-15(24(26)28)12-21(19)22(18)13-17/h2-13H,1H3,(H2,26,28)(H,29,30). The van der Waals surface area contributed by atoms with Crippen LogP contribution in [0.4, 0.5) is 0 Å². The highest BCUT2D eigenvalue weighted by Gasteiger charge is 2.15. The van der Waals surface area contributed by atoms with Crippen molar-refractivity contribution in [1.29, 1.82) is 0 Å². The van der Waals surface area contributed by atoms with Gasteiger partial charge in [0.15, 0.2) is 0 Å². The molecule has 6 heteroatoms. The summed E-state index contributed by atoms with van der Waals surface area (Å²) < 4.78 is 7.45. The van der Waals surface area contributed by atoms with E-state index < -0.39 is 11.9 Å². The van der Waals surface area contributed by atoms with Crippen molar-refractivity contribution in [2.24, 2.45) is 5.73 Å². The first-order valence-electron chi connectivity index (χ1n) is 9.66. The lowest BCUT2D eigenvalue weighted by Gasteiger charge is -2.13. The zero-order valence-electron chi connectivity index (χ0n) is 16.6. The van der Waals surface area contributed by atoms with Crippen LogP contribution in [0.5, 0.6) is 5.75 Å². The highest BCUT2D eigenvalue weighted by molar-refractivity contribution is 6.25. The van der Waals surface area contributed by atoms with E-state index in [4.69, 9.17) is 10.5 Å². The van der Waals surface area contributed by atoms with Crippen LogP contribution in [0, 0.1) is 0 Å². The summed E-state index contributed by atoms with van der Waals surface area (Å²) in [7, 11) is 1.62. The molecule has 4 aromatic carbocycles. The summed E-state index contributed by atoms with van der Waals surface area (Å²) in [6.45, 7) is 0. The van der Waals surface area contributed by atoms with Gasteiger partial charge >= 0.3 is 5.97 Å². The van der Waals surface area contributed by atoms with E-state index >= 15 is 0 Å². The Morgan fingerprint density at radius 3 is 2.13 bits per heavy atom. The Bertz CT molecular complexity index is 1510. The second-order valence-electron chi connectivity index (χ2n) is 7.34. The van der Waals surface area contributed by atoms with E-state index in [2.05, 4.69) is 0 Å². The summed E-state index contributed by atoms with van der Waals surface area (Å²) in [6.07, 6.45) is 1.96. The number of carbonyl (C=O) groups excluding carboxylic acids is 1. The van der Waals surface area contributed by atoms with E-state index in [0.717, 1.165) is 43.9 Å². The third-order valence-electron chi connectivity index (χ3n) is 5.65. The van der Waals surface area contributed by atoms with Crippen LogP contribution < -0.4 is 10.5 Å². The molecular formula is C25H18N2O4. The lowest BCUT2D eigenvalue weighted by Crippen LogP contribution is -2.10. The molecule has 0 saturated carbocycles. The van der Waals surface area contributed by atoms with Crippen molar-refractivity contribution in [1.82, 2.24) is 4.57 Å². The lowest BCUT2D eigenvalue weighted by molar-refractivity contribution is 0.0696. The zero-order valence-corrected chi connectivity index (χ0v) is 16.6. The second kappa shape index (κ2) is 6.88. The van der Waals surface area contributed by atoms with Gasteiger partial charge in [-0.25, -0.2) is 4.79 Å². The van der Waals surface area contributed by atoms with Crippen LogP contribution in [0.2, 0.25) is 0 Å². The van der Waals surface area contributed by atoms with Gasteiger partial charge in [0.05, 0.1) is 18.2 Å². The number of ether oxygens (including phenoxy) is 1. The van der Waals surface area contributed by atoms with Crippen molar-refractivity contribution in [2.45, 2.75) is 0 Å². The number of nitrogens with zero attached hydrogens (tertiary/aromatic N) is 1. The molecule has 5 aromatic rings. The Morgan fingerprint density at radius 1 is 0.806 bits per heavy atom. The number of aromatic carboxylic acids is 1. The molecule has 152 valence electrons. The average molecular weight is 410 g/mol. The van der Waals surface area contributed by atoms with Gasteiger partial charge in [-0.3, -0.25) is 4.79 Å². The van der Waals surface area contributed by atoms with Gasteiger partial charge in [-0.1, -0.05) is 6.07 Å². The molecule has 0 spiro atoms. The SMILES string of the molecule is COc1ccc2c(c1)c1cc(C(N)=O)ccc1c1c2ccn1-c1ccc(C(=O)O)cc1. The molecule has 0 radical (unpaired) electrons. The molecule has 0 aliphatic rings. The predicted octanol–water partition coefficient (Wildman–Crippen LogP) is 4.74. The highest BCUT2D eigenvalue weighted by atomic mass is 16.5. The number of aromatic nitrogens is 1. The fourth-order valence-corrected chi connectivity index (χ4v) is 4.14. The van der Waals surface area contributed by atoms with Crippen LogP contribution in [-0.4, -0.2) is 28.7 Å². The maximum Gasteiger partial charge on any atom is 0.335 e. The average Bonchev–Trinajstić information content (AvgIpc) is 3.24. The molecule has 1 amide bonds. The summed E-state index contributed by atoms with van der Waals surface area (Å²) in [4.78, 5) is 23.1. The molecule has 31 heavy (non-hydrogen) atoms. The number of carboxylic acid groups (broad SMARTS) is 1. The van der Waals surface area contributed by atoms with Crippen molar-refractivity contribution in [3.8, 4) is 11.4 Å². The van der Waals surface area contributed by atoms with Gasteiger partial charge < -0.3 is 20.1 Å². The molecule has 0 fully saturated rings. The van der Waals surface area contributed by atoms with E-state index in [0.29, 0.717) is 5.56 Å². The van der Waals surface area contributed by atoms with Crippen molar-refractivity contribution in [3.05, 3.63) is 84.1 Å². The first kappa shape index (κ1) is 18.7. The smallest absolute Gasteiger partial charge is 0.335 e. The quantitative estimate of drug-likeness (QED) is 0.418. The Balaban J connectivity index is 1.89. The Hall–Kier alpha value is -4.32. The highest BCUT2D eigenvalue weighted by Crippen LogP contribution is 2.38. The summed E-state index contributed by atoms with van der Waals surface area (Å²) in [5, 5.41) is 14.1. The van der Waals surface area contributed by atoms with Gasteiger partial charge in [-0.15, -0.1) is 0 Å². The molecule has 6 nitrogen and oxygen atoms in total. The summed E-state index contributed by atoms with van der Waals surface area (Å²) in [5.74, 6) is -0.729. The first-order chi connectivity index (χ1) is 15.0. The number of primary amides is 1. The lowest BCUT2D eigenvalue weighted by atomic mass is 9.96. The largest absolute Gasteiger partial charge is 0.497 e. The molecule has 3 N–H and O–H groups in total. The normalized spacial score (nSPS) is 11.3. The van der Waals surface area contributed by atoms with E-state index in [1.807, 2.05) is 47.2 Å². The molecule has 0 aliphatic heterocycles. The summed E-state index contributed by atoms with van der Waals surface area (Å²) in [6, 6.07) is 20.1. The van der Waals surface area contributed by atoms with Crippen LogP contribution in [0.15, 0.2) is 72.9 Å². The van der Waals surface area contributed by atoms with Gasteiger partial charge in [0, 0.05) is 28.2 Å². The van der Waals surface area contributed by atoms with Gasteiger partial charge in [-0.2, -0.15) is 0 Å². The Morgan fingerprint density at radius 2 is 1.45 bits per heavy atom. The Kier molecular flexibility index (Phi) is 4.15. The van der Waals surface area contributed by atoms with E-state index in [9.17, 15) is 14.7 Å². The number of rotatable bonds is 4. The molecular weight excluding hydrogens is 392 g/mol. The fourth-order valence-electron chi connectivity index (χ4n) is 4.14. The molecule has 1 aromatic heterocycles. The number of benzene rings is 4. The predicted molar refractivity (Wildman–Crippen MR) is 120 cm³/mol. The minimum atomic E-state index is -0.965. The topological polar surface area (TPSA) is 94.5 Å². The Labute approximate surface area is 177 Å². The summed E-state index contributed by atoms with van der Waals surface area (Å²) >= 11 is 0. The maximum absolute atomic E-state index is 11.8. The third kappa shape index (κ3) is 2.88. The van der Waals surface area contributed by atoms with Crippen LogP contribution in [0.25, 0.3) is 38.1 Å². The monoisotopic (exact) mass is 410 g/mol. The minimum absolute atomic E-state index is 0.230. The van der Waals surface area contributed by atoms with E-state index in [1.54, 1.807) is 37.4 Å². The van der Waals surface area contributed by atoms with Crippen LogP contribution in [0.1, 0.15) is 20.7 Å². The van der Waals surface area contributed by atoms with Crippen molar-refractivity contribution in [3.63, 3.8) is 0 Å². The number of fused-ring (bicyclic) bond motifs is 6. The van der Waals surface area contributed by atoms with Crippen LogP contribution >= 0.6 is 0 Å². The van der Waals surface area contributed by atoms with E-state index in [1.165, 1.54) is 0 Å². The summed E-state index contributed by atoms with van der Waals surface area (Å²) in [5.41, 5.74) is 8.01. The first-order valence-corrected chi connectivity index (χ1v) is 9.66. The molecule has 5 rings (SSSR count). The van der Waals surface area contributed by atoms with Gasteiger partial charge in [0.25, 0.3) is 0 Å². The molecule has 0 aliphatic carbocycles.